The number of carbonyl (C=O) groups is 2. The number of fused-ring (bicyclic) bond motifs is 1. The van der Waals surface area contributed by atoms with Crippen LogP contribution in [0.2, 0.25) is 0 Å². The van der Waals surface area contributed by atoms with Gasteiger partial charge in [-0.15, -0.1) is 0 Å². The minimum absolute atomic E-state index is 0.106. The summed E-state index contributed by atoms with van der Waals surface area (Å²) in [6, 6.07) is 4.69. The first-order valence-electron chi connectivity index (χ1n) is 6.63. The molecule has 2 heterocycles. The monoisotopic (exact) mass is 306 g/mol. The average molecular weight is 306 g/mol. The number of benzene rings is 1. The Kier molecular flexibility index (Phi) is 3.60. The zero-order chi connectivity index (χ0) is 15.0. The molecule has 1 fully saturated rings. The highest BCUT2D eigenvalue weighted by Crippen LogP contribution is 2.28. The van der Waals surface area contributed by atoms with E-state index < -0.39 is 12.1 Å². The third kappa shape index (κ3) is 2.88. The van der Waals surface area contributed by atoms with Crippen molar-refractivity contribution < 1.29 is 19.4 Å². The minimum atomic E-state index is -0.982. The summed E-state index contributed by atoms with van der Waals surface area (Å²) in [6.45, 7) is 1.94. The highest BCUT2D eigenvalue weighted by Gasteiger charge is 2.28. The summed E-state index contributed by atoms with van der Waals surface area (Å²) in [4.78, 5) is 27.3. The highest BCUT2D eigenvalue weighted by atomic mass is 32.1. The molecule has 110 valence electrons. The Balaban J connectivity index is 1.78. The second-order valence-electron chi connectivity index (χ2n) is 5.01. The van der Waals surface area contributed by atoms with E-state index in [1.165, 1.54) is 17.4 Å². The summed E-state index contributed by atoms with van der Waals surface area (Å²) in [5.41, 5.74) is 0.873. The second kappa shape index (κ2) is 5.42. The molecule has 0 aliphatic carbocycles. The van der Waals surface area contributed by atoms with E-state index >= 15 is 0 Å². The molecular formula is C14H14N2O4S. The number of hydrogen-bond donors (Lipinski definition) is 2. The summed E-state index contributed by atoms with van der Waals surface area (Å²) >= 11 is 1.25. The molecule has 3 rings (SSSR count). The third-order valence-corrected chi connectivity index (χ3v) is 4.32. The normalized spacial score (nSPS) is 21.6. The van der Waals surface area contributed by atoms with Crippen LogP contribution in [-0.4, -0.2) is 34.2 Å². The van der Waals surface area contributed by atoms with Crippen LogP contribution in [-0.2, 0) is 9.53 Å². The smallest absolute Gasteiger partial charge is 0.335 e. The van der Waals surface area contributed by atoms with Gasteiger partial charge in [0, 0.05) is 0 Å². The van der Waals surface area contributed by atoms with E-state index in [1.807, 2.05) is 6.92 Å². The number of nitrogens with zero attached hydrogens (tertiary/aromatic N) is 1. The SMILES string of the molecule is CC1CCC(C(=O)Nc2nc3ccc(C(=O)O)cc3s2)O1. The van der Waals surface area contributed by atoms with Gasteiger partial charge in [0.2, 0.25) is 0 Å². The van der Waals surface area contributed by atoms with Crippen LogP contribution in [0.1, 0.15) is 30.1 Å². The molecule has 7 heteroatoms. The zero-order valence-corrected chi connectivity index (χ0v) is 12.1. The molecule has 21 heavy (non-hydrogen) atoms. The second-order valence-corrected chi connectivity index (χ2v) is 6.04. The molecule has 1 saturated heterocycles. The first-order valence-corrected chi connectivity index (χ1v) is 7.45. The summed E-state index contributed by atoms with van der Waals surface area (Å²) in [6.07, 6.45) is 1.26. The number of aromatic nitrogens is 1. The van der Waals surface area contributed by atoms with Crippen molar-refractivity contribution in [1.29, 1.82) is 0 Å². The number of carbonyl (C=O) groups excluding carboxylic acids is 1. The van der Waals surface area contributed by atoms with Gasteiger partial charge in [0.25, 0.3) is 5.91 Å². The van der Waals surface area contributed by atoms with E-state index in [0.717, 1.165) is 11.1 Å². The summed E-state index contributed by atoms with van der Waals surface area (Å²) in [5, 5.41) is 12.2. The van der Waals surface area contributed by atoms with Crippen molar-refractivity contribution >= 4 is 38.6 Å². The fraction of sp³-hybridized carbons (Fsp3) is 0.357. The minimum Gasteiger partial charge on any atom is -0.478 e. The van der Waals surface area contributed by atoms with Crippen LogP contribution < -0.4 is 5.32 Å². The van der Waals surface area contributed by atoms with Crippen LogP contribution in [0.15, 0.2) is 18.2 Å². The van der Waals surface area contributed by atoms with E-state index in [0.29, 0.717) is 17.1 Å². The standard InChI is InChI=1S/C14H14N2O4S/c1-7-2-5-10(20-7)12(17)16-14-15-9-4-3-8(13(18)19)6-11(9)21-14/h3-4,6-7,10H,2,5H2,1H3,(H,18,19)(H,15,16,17). The molecule has 0 bridgehead atoms. The van der Waals surface area contributed by atoms with Gasteiger partial charge >= 0.3 is 5.97 Å². The molecule has 0 radical (unpaired) electrons. The molecule has 1 aliphatic rings. The zero-order valence-electron chi connectivity index (χ0n) is 11.3. The number of nitrogens with one attached hydrogen (secondary N) is 1. The largest absolute Gasteiger partial charge is 0.478 e. The van der Waals surface area contributed by atoms with Gasteiger partial charge in [0.15, 0.2) is 5.13 Å². The van der Waals surface area contributed by atoms with Gasteiger partial charge in [-0.1, -0.05) is 11.3 Å². The van der Waals surface area contributed by atoms with Crippen LogP contribution >= 0.6 is 11.3 Å². The topological polar surface area (TPSA) is 88.5 Å². The van der Waals surface area contributed by atoms with E-state index in [4.69, 9.17) is 9.84 Å². The van der Waals surface area contributed by atoms with Gasteiger partial charge in [0.1, 0.15) is 6.10 Å². The van der Waals surface area contributed by atoms with Crippen LogP contribution in [0.4, 0.5) is 5.13 Å². The van der Waals surface area contributed by atoms with Crippen molar-refractivity contribution in [1.82, 2.24) is 4.98 Å². The summed E-state index contributed by atoms with van der Waals surface area (Å²) in [7, 11) is 0. The number of thiazole rings is 1. The summed E-state index contributed by atoms with van der Waals surface area (Å²) < 4.78 is 6.23. The Hall–Kier alpha value is -1.99. The lowest BCUT2D eigenvalue weighted by molar-refractivity contribution is -0.126. The molecule has 2 aromatic rings. The number of hydrogen-bond acceptors (Lipinski definition) is 5. The first-order chi connectivity index (χ1) is 10.0. The predicted octanol–water partition coefficient (Wildman–Crippen LogP) is 2.50. The Morgan fingerprint density at radius 2 is 2.24 bits per heavy atom. The molecule has 0 spiro atoms. The molecule has 2 unspecified atom stereocenters. The molecule has 1 aliphatic heterocycles. The van der Waals surface area contributed by atoms with Gasteiger partial charge in [0.05, 0.1) is 21.9 Å². The Labute approximate surface area is 124 Å². The molecule has 2 atom stereocenters. The Bertz CT molecular complexity index is 712. The molecule has 0 saturated carbocycles. The van der Waals surface area contributed by atoms with Gasteiger partial charge < -0.3 is 9.84 Å². The van der Waals surface area contributed by atoms with Crippen LogP contribution in [0, 0.1) is 0 Å². The lowest BCUT2D eigenvalue weighted by Gasteiger charge is -2.09. The van der Waals surface area contributed by atoms with Crippen LogP contribution in [0.25, 0.3) is 10.2 Å². The molecule has 1 amide bonds. The maximum absolute atomic E-state index is 12.0. The van der Waals surface area contributed by atoms with Gasteiger partial charge in [-0.2, -0.15) is 0 Å². The number of ether oxygens (including phenoxy) is 1. The Morgan fingerprint density at radius 1 is 1.43 bits per heavy atom. The number of carboxylic acid groups (broad SMARTS) is 1. The number of anilines is 1. The maximum Gasteiger partial charge on any atom is 0.335 e. The van der Waals surface area contributed by atoms with Crippen molar-refractivity contribution in [3.63, 3.8) is 0 Å². The van der Waals surface area contributed by atoms with Gasteiger partial charge in [-0.05, 0) is 38.0 Å². The predicted molar refractivity (Wildman–Crippen MR) is 78.8 cm³/mol. The van der Waals surface area contributed by atoms with Crippen molar-refractivity contribution in [2.45, 2.75) is 32.0 Å². The lowest BCUT2D eigenvalue weighted by atomic mass is 10.2. The van der Waals surface area contributed by atoms with Crippen molar-refractivity contribution in [2.24, 2.45) is 0 Å². The van der Waals surface area contributed by atoms with Crippen molar-refractivity contribution in [3.05, 3.63) is 23.8 Å². The molecule has 1 aromatic heterocycles. The summed E-state index contributed by atoms with van der Waals surface area (Å²) in [5.74, 6) is -1.18. The fourth-order valence-electron chi connectivity index (χ4n) is 2.29. The van der Waals surface area contributed by atoms with E-state index in [2.05, 4.69) is 10.3 Å². The Morgan fingerprint density at radius 3 is 2.90 bits per heavy atom. The van der Waals surface area contributed by atoms with E-state index in [9.17, 15) is 9.59 Å². The molecule has 6 nitrogen and oxygen atoms in total. The van der Waals surface area contributed by atoms with Crippen molar-refractivity contribution in [2.75, 3.05) is 5.32 Å². The molecule has 2 N–H and O–H groups in total. The quantitative estimate of drug-likeness (QED) is 0.909. The first kappa shape index (κ1) is 14.0. The van der Waals surface area contributed by atoms with E-state index in [-0.39, 0.29) is 17.6 Å². The number of rotatable bonds is 3. The molecular weight excluding hydrogens is 292 g/mol. The number of aromatic carboxylic acids is 1. The lowest BCUT2D eigenvalue weighted by Crippen LogP contribution is -2.27. The third-order valence-electron chi connectivity index (χ3n) is 3.39. The van der Waals surface area contributed by atoms with Crippen LogP contribution in [0.5, 0.6) is 0 Å². The van der Waals surface area contributed by atoms with Gasteiger partial charge in [-0.3, -0.25) is 10.1 Å². The number of carboxylic acids is 1. The fourth-order valence-corrected chi connectivity index (χ4v) is 3.20. The highest BCUT2D eigenvalue weighted by molar-refractivity contribution is 7.22. The number of amides is 1. The van der Waals surface area contributed by atoms with Crippen LogP contribution in [0.3, 0.4) is 0 Å². The maximum atomic E-state index is 12.0. The van der Waals surface area contributed by atoms with Gasteiger partial charge in [-0.25, -0.2) is 9.78 Å². The average Bonchev–Trinajstić information content (AvgIpc) is 3.03. The van der Waals surface area contributed by atoms with Crippen molar-refractivity contribution in [3.8, 4) is 0 Å². The molecule has 1 aromatic carbocycles. The van der Waals surface area contributed by atoms with E-state index in [1.54, 1.807) is 12.1 Å².